The zero-order valence-electron chi connectivity index (χ0n) is 10.7. The minimum Gasteiger partial charge on any atom is -0.481 e. The molecule has 1 fully saturated rings. The molecular formula is C14H21NO. The van der Waals surface area contributed by atoms with Crippen molar-refractivity contribution in [2.45, 2.75) is 46.0 Å². The first-order valence-corrected chi connectivity index (χ1v) is 6.16. The van der Waals surface area contributed by atoms with Crippen LogP contribution in [-0.2, 0) is 6.42 Å². The van der Waals surface area contributed by atoms with Gasteiger partial charge in [0.25, 0.3) is 0 Å². The number of nitrogens with zero attached hydrogens (tertiary/aromatic N) is 1. The SMILES string of the molecule is COc1nc(C)c(CC2CC2)cc1C(C)C. The van der Waals surface area contributed by atoms with Gasteiger partial charge in [0.15, 0.2) is 0 Å². The fraction of sp³-hybridized carbons (Fsp3) is 0.643. The summed E-state index contributed by atoms with van der Waals surface area (Å²) in [6.45, 7) is 6.47. The van der Waals surface area contributed by atoms with Crippen molar-refractivity contribution >= 4 is 0 Å². The molecule has 0 saturated heterocycles. The number of rotatable bonds is 4. The van der Waals surface area contributed by atoms with Crippen molar-refractivity contribution in [3.05, 3.63) is 22.9 Å². The monoisotopic (exact) mass is 219 g/mol. The molecule has 0 spiro atoms. The predicted octanol–water partition coefficient (Wildman–Crippen LogP) is 3.47. The van der Waals surface area contributed by atoms with Gasteiger partial charge >= 0.3 is 0 Å². The smallest absolute Gasteiger partial charge is 0.216 e. The number of hydrogen-bond acceptors (Lipinski definition) is 2. The van der Waals surface area contributed by atoms with Gasteiger partial charge in [0, 0.05) is 11.3 Å². The fourth-order valence-corrected chi connectivity index (χ4v) is 2.06. The van der Waals surface area contributed by atoms with Crippen molar-refractivity contribution in [1.29, 1.82) is 0 Å². The van der Waals surface area contributed by atoms with Crippen LogP contribution in [0.25, 0.3) is 0 Å². The van der Waals surface area contributed by atoms with Crippen molar-refractivity contribution < 1.29 is 4.74 Å². The van der Waals surface area contributed by atoms with Gasteiger partial charge in [-0.1, -0.05) is 13.8 Å². The normalized spacial score (nSPS) is 15.6. The maximum atomic E-state index is 5.35. The molecule has 1 aromatic heterocycles. The maximum Gasteiger partial charge on any atom is 0.216 e. The molecule has 16 heavy (non-hydrogen) atoms. The Kier molecular flexibility index (Phi) is 3.17. The molecule has 1 aliphatic carbocycles. The van der Waals surface area contributed by atoms with Gasteiger partial charge in [0.05, 0.1) is 7.11 Å². The second-order valence-electron chi connectivity index (χ2n) is 5.13. The Bertz CT molecular complexity index is 381. The van der Waals surface area contributed by atoms with Crippen LogP contribution in [0, 0.1) is 12.8 Å². The summed E-state index contributed by atoms with van der Waals surface area (Å²) in [6, 6.07) is 2.30. The largest absolute Gasteiger partial charge is 0.481 e. The van der Waals surface area contributed by atoms with Gasteiger partial charge in [-0.15, -0.1) is 0 Å². The Labute approximate surface area is 98.0 Å². The van der Waals surface area contributed by atoms with E-state index in [1.807, 2.05) is 0 Å². The third-order valence-electron chi connectivity index (χ3n) is 3.33. The van der Waals surface area contributed by atoms with Gasteiger partial charge in [-0.2, -0.15) is 0 Å². The van der Waals surface area contributed by atoms with Crippen LogP contribution in [0.3, 0.4) is 0 Å². The highest BCUT2D eigenvalue weighted by atomic mass is 16.5. The molecule has 2 rings (SSSR count). The van der Waals surface area contributed by atoms with E-state index in [1.54, 1.807) is 7.11 Å². The van der Waals surface area contributed by atoms with E-state index in [0.29, 0.717) is 5.92 Å². The summed E-state index contributed by atoms with van der Waals surface area (Å²) in [5.41, 5.74) is 3.78. The van der Waals surface area contributed by atoms with Crippen molar-refractivity contribution in [3.63, 3.8) is 0 Å². The van der Waals surface area contributed by atoms with Crippen LogP contribution >= 0.6 is 0 Å². The molecule has 1 aromatic rings. The lowest BCUT2D eigenvalue weighted by atomic mass is 9.99. The van der Waals surface area contributed by atoms with E-state index in [-0.39, 0.29) is 0 Å². The van der Waals surface area contributed by atoms with Gasteiger partial charge in [-0.05, 0) is 49.7 Å². The number of hydrogen-bond donors (Lipinski definition) is 0. The number of methoxy groups -OCH3 is 1. The molecule has 0 aromatic carbocycles. The quantitative estimate of drug-likeness (QED) is 0.773. The van der Waals surface area contributed by atoms with E-state index in [9.17, 15) is 0 Å². The first-order valence-electron chi connectivity index (χ1n) is 6.16. The Morgan fingerprint density at radius 3 is 2.62 bits per heavy atom. The van der Waals surface area contributed by atoms with Crippen LogP contribution in [-0.4, -0.2) is 12.1 Å². The highest BCUT2D eigenvalue weighted by molar-refractivity contribution is 5.36. The third-order valence-corrected chi connectivity index (χ3v) is 3.33. The van der Waals surface area contributed by atoms with Crippen LogP contribution in [0.15, 0.2) is 6.07 Å². The van der Waals surface area contributed by atoms with Gasteiger partial charge in [-0.25, -0.2) is 4.98 Å². The highest BCUT2D eigenvalue weighted by Gasteiger charge is 2.23. The first kappa shape index (κ1) is 11.4. The van der Waals surface area contributed by atoms with Gasteiger partial charge < -0.3 is 4.74 Å². The zero-order valence-corrected chi connectivity index (χ0v) is 10.7. The van der Waals surface area contributed by atoms with Gasteiger partial charge in [0.1, 0.15) is 0 Å². The summed E-state index contributed by atoms with van der Waals surface area (Å²) in [5.74, 6) is 2.18. The molecule has 0 unspecified atom stereocenters. The van der Waals surface area contributed by atoms with Crippen LogP contribution < -0.4 is 4.74 Å². The highest BCUT2D eigenvalue weighted by Crippen LogP contribution is 2.35. The van der Waals surface area contributed by atoms with Crippen LogP contribution in [0.2, 0.25) is 0 Å². The van der Waals surface area contributed by atoms with E-state index in [1.165, 1.54) is 30.4 Å². The Hall–Kier alpha value is -1.05. The van der Waals surface area contributed by atoms with Crippen LogP contribution in [0.4, 0.5) is 0 Å². The molecule has 0 bridgehead atoms. The lowest BCUT2D eigenvalue weighted by Gasteiger charge is -2.14. The Morgan fingerprint density at radius 2 is 2.12 bits per heavy atom. The molecule has 0 aliphatic heterocycles. The number of pyridine rings is 1. The Morgan fingerprint density at radius 1 is 1.44 bits per heavy atom. The minimum atomic E-state index is 0.473. The lowest BCUT2D eigenvalue weighted by Crippen LogP contribution is -2.03. The predicted molar refractivity (Wildman–Crippen MR) is 66.0 cm³/mol. The van der Waals surface area contributed by atoms with E-state index in [2.05, 4.69) is 31.8 Å². The third kappa shape index (κ3) is 2.37. The van der Waals surface area contributed by atoms with E-state index < -0.39 is 0 Å². The number of aromatic nitrogens is 1. The molecule has 1 heterocycles. The summed E-state index contributed by atoms with van der Waals surface area (Å²) in [6.07, 6.45) is 3.98. The molecule has 0 radical (unpaired) electrons. The van der Waals surface area contributed by atoms with Crippen molar-refractivity contribution in [3.8, 4) is 5.88 Å². The van der Waals surface area contributed by atoms with E-state index in [4.69, 9.17) is 4.74 Å². The van der Waals surface area contributed by atoms with E-state index in [0.717, 1.165) is 17.5 Å². The molecule has 0 atom stereocenters. The van der Waals surface area contributed by atoms with Crippen molar-refractivity contribution in [2.24, 2.45) is 5.92 Å². The second-order valence-corrected chi connectivity index (χ2v) is 5.13. The topological polar surface area (TPSA) is 22.1 Å². The summed E-state index contributed by atoms with van der Waals surface area (Å²) >= 11 is 0. The first-order chi connectivity index (χ1) is 7.61. The second kappa shape index (κ2) is 4.44. The summed E-state index contributed by atoms with van der Waals surface area (Å²) in [7, 11) is 1.70. The number of aryl methyl sites for hydroxylation is 1. The van der Waals surface area contributed by atoms with Gasteiger partial charge in [-0.3, -0.25) is 0 Å². The molecule has 88 valence electrons. The molecular weight excluding hydrogens is 198 g/mol. The molecule has 0 N–H and O–H groups in total. The summed E-state index contributed by atoms with van der Waals surface area (Å²) in [4.78, 5) is 4.57. The van der Waals surface area contributed by atoms with Gasteiger partial charge in [0.2, 0.25) is 5.88 Å². The van der Waals surface area contributed by atoms with Crippen LogP contribution in [0.1, 0.15) is 49.4 Å². The summed E-state index contributed by atoms with van der Waals surface area (Å²) < 4.78 is 5.35. The maximum absolute atomic E-state index is 5.35. The molecule has 0 amide bonds. The average Bonchev–Trinajstić information content (AvgIpc) is 3.04. The lowest BCUT2D eigenvalue weighted by molar-refractivity contribution is 0.389. The average molecular weight is 219 g/mol. The van der Waals surface area contributed by atoms with E-state index >= 15 is 0 Å². The fourth-order valence-electron chi connectivity index (χ4n) is 2.06. The molecule has 2 heteroatoms. The molecule has 2 nitrogen and oxygen atoms in total. The Balaban J connectivity index is 2.33. The standard InChI is InChI=1S/C14H21NO/c1-9(2)13-8-12(7-11-5-6-11)10(3)15-14(13)16-4/h8-9,11H,5-7H2,1-4H3. The molecule has 1 saturated carbocycles. The van der Waals surface area contributed by atoms with Crippen molar-refractivity contribution in [2.75, 3.05) is 7.11 Å². The minimum absolute atomic E-state index is 0.473. The van der Waals surface area contributed by atoms with Crippen molar-refractivity contribution in [1.82, 2.24) is 4.98 Å². The summed E-state index contributed by atoms with van der Waals surface area (Å²) in [5, 5.41) is 0. The molecule has 1 aliphatic rings. The number of ether oxygens (including phenoxy) is 1. The zero-order chi connectivity index (χ0) is 11.7. The van der Waals surface area contributed by atoms with Crippen LogP contribution in [0.5, 0.6) is 5.88 Å².